The van der Waals surface area contributed by atoms with E-state index in [1.165, 1.54) is 11.1 Å². The quantitative estimate of drug-likeness (QED) is 0.167. The van der Waals surface area contributed by atoms with Crippen LogP contribution in [0.3, 0.4) is 0 Å². The number of hydrogen-bond donors (Lipinski definition) is 2. The van der Waals surface area contributed by atoms with Crippen LogP contribution in [-0.2, 0) is 5.41 Å². The molecule has 6 aromatic rings. The van der Waals surface area contributed by atoms with Crippen molar-refractivity contribution in [3.05, 3.63) is 157 Å². The molecule has 0 heterocycles. The molecule has 45 heavy (non-hydrogen) atoms. The first-order valence-corrected chi connectivity index (χ1v) is 16.0. The van der Waals surface area contributed by atoms with E-state index < -0.39 is 0 Å². The van der Waals surface area contributed by atoms with Crippen LogP contribution >= 0.6 is 0 Å². The maximum absolute atomic E-state index is 11.8. The summed E-state index contributed by atoms with van der Waals surface area (Å²) in [5.41, 5.74) is 9.22. The van der Waals surface area contributed by atoms with Gasteiger partial charge in [-0.15, -0.1) is 0 Å². The van der Waals surface area contributed by atoms with Crippen LogP contribution in [0.15, 0.2) is 146 Å². The Labute approximate surface area is 267 Å². The minimum atomic E-state index is -0.370. The van der Waals surface area contributed by atoms with Gasteiger partial charge in [-0.1, -0.05) is 148 Å². The minimum Gasteiger partial charge on any atom is -0.507 e. The molecule has 0 unspecified atom stereocenters. The second-order valence-corrected chi connectivity index (χ2v) is 11.9. The Morgan fingerprint density at radius 3 is 0.867 bits per heavy atom. The average Bonchev–Trinajstić information content (AvgIpc) is 3.10. The number of phenols is 2. The molecule has 0 aliphatic rings. The van der Waals surface area contributed by atoms with Crippen molar-refractivity contribution in [1.82, 2.24) is 0 Å². The summed E-state index contributed by atoms with van der Waals surface area (Å²) in [6.45, 7) is 4.50. The Balaban J connectivity index is 1.69. The molecule has 6 aromatic carbocycles. The number of hydrogen-bond acceptors (Lipinski definition) is 2. The van der Waals surface area contributed by atoms with Gasteiger partial charge in [-0.05, 0) is 70.5 Å². The second-order valence-electron chi connectivity index (χ2n) is 11.9. The molecule has 0 aliphatic heterocycles. The van der Waals surface area contributed by atoms with E-state index in [0.717, 1.165) is 70.2 Å². The summed E-state index contributed by atoms with van der Waals surface area (Å²) in [5.74, 6) is 0.581. The average molecular weight is 589 g/mol. The van der Waals surface area contributed by atoms with Gasteiger partial charge in [0.15, 0.2) is 0 Å². The van der Waals surface area contributed by atoms with Crippen molar-refractivity contribution in [3.63, 3.8) is 0 Å². The van der Waals surface area contributed by atoms with Gasteiger partial charge in [0.25, 0.3) is 0 Å². The van der Waals surface area contributed by atoms with Crippen LogP contribution in [0, 0.1) is 0 Å². The predicted octanol–water partition coefficient (Wildman–Crippen LogP) is 11.7. The highest BCUT2D eigenvalue weighted by molar-refractivity contribution is 5.85. The van der Waals surface area contributed by atoms with Crippen LogP contribution in [0.4, 0.5) is 0 Å². The molecular formula is C43H40O2. The van der Waals surface area contributed by atoms with Crippen molar-refractivity contribution < 1.29 is 10.2 Å². The first-order chi connectivity index (χ1) is 22.1. The standard InChI is InChI=1S/C43H40O2/c1-3-25-43(26-4-2,35-27-37(31-17-9-5-10-18-31)41(44)38(28-35)32-19-11-6-12-20-32)36-29-39(33-21-13-7-14-22-33)42(45)40(30-36)34-23-15-8-16-24-34/h5-24,27-30,44-45H,3-4,25-26H2,1-2H3. The lowest BCUT2D eigenvalue weighted by Crippen LogP contribution is -2.28. The summed E-state index contributed by atoms with van der Waals surface area (Å²) in [4.78, 5) is 0. The Bertz CT molecular complexity index is 1600. The highest BCUT2D eigenvalue weighted by atomic mass is 16.3. The predicted molar refractivity (Wildman–Crippen MR) is 189 cm³/mol. The molecule has 0 saturated carbocycles. The Morgan fingerprint density at radius 1 is 0.400 bits per heavy atom. The van der Waals surface area contributed by atoms with Crippen molar-refractivity contribution in [2.24, 2.45) is 0 Å². The fraction of sp³-hybridized carbons (Fsp3) is 0.163. The van der Waals surface area contributed by atoms with E-state index in [1.54, 1.807) is 0 Å². The third-order valence-electron chi connectivity index (χ3n) is 9.02. The van der Waals surface area contributed by atoms with Crippen LogP contribution in [-0.4, -0.2) is 10.2 Å². The summed E-state index contributed by atoms with van der Waals surface area (Å²) in [5, 5.41) is 23.6. The van der Waals surface area contributed by atoms with Crippen molar-refractivity contribution in [1.29, 1.82) is 0 Å². The Morgan fingerprint density at radius 2 is 0.644 bits per heavy atom. The lowest BCUT2D eigenvalue weighted by atomic mass is 9.66. The second kappa shape index (κ2) is 13.3. The molecule has 0 saturated heterocycles. The highest BCUT2D eigenvalue weighted by Crippen LogP contribution is 2.50. The van der Waals surface area contributed by atoms with E-state index in [4.69, 9.17) is 0 Å². The normalized spacial score (nSPS) is 11.4. The van der Waals surface area contributed by atoms with E-state index in [1.807, 2.05) is 72.8 Å². The van der Waals surface area contributed by atoms with E-state index in [0.29, 0.717) is 11.5 Å². The van der Waals surface area contributed by atoms with Crippen molar-refractivity contribution in [2.75, 3.05) is 0 Å². The van der Waals surface area contributed by atoms with E-state index in [-0.39, 0.29) is 5.41 Å². The van der Waals surface area contributed by atoms with Gasteiger partial charge in [-0.25, -0.2) is 0 Å². The zero-order valence-corrected chi connectivity index (χ0v) is 26.1. The largest absolute Gasteiger partial charge is 0.507 e. The fourth-order valence-corrected chi connectivity index (χ4v) is 6.90. The molecule has 0 fully saturated rings. The number of benzene rings is 6. The van der Waals surface area contributed by atoms with Crippen LogP contribution in [0.25, 0.3) is 44.5 Å². The van der Waals surface area contributed by atoms with Gasteiger partial charge in [0, 0.05) is 27.7 Å². The summed E-state index contributed by atoms with van der Waals surface area (Å²) in [6.07, 6.45) is 3.79. The first-order valence-electron chi connectivity index (χ1n) is 16.0. The van der Waals surface area contributed by atoms with Crippen molar-refractivity contribution in [3.8, 4) is 56.0 Å². The maximum atomic E-state index is 11.8. The zero-order valence-electron chi connectivity index (χ0n) is 26.1. The number of aromatic hydroxyl groups is 2. The van der Waals surface area contributed by atoms with Crippen LogP contribution < -0.4 is 0 Å². The van der Waals surface area contributed by atoms with Crippen LogP contribution in [0.2, 0.25) is 0 Å². The van der Waals surface area contributed by atoms with Crippen molar-refractivity contribution in [2.45, 2.75) is 44.9 Å². The SMILES string of the molecule is CCCC(CCC)(c1cc(-c2ccccc2)c(O)c(-c2ccccc2)c1)c1cc(-c2ccccc2)c(O)c(-c2ccccc2)c1. The highest BCUT2D eigenvalue weighted by Gasteiger charge is 2.36. The fourth-order valence-electron chi connectivity index (χ4n) is 6.90. The van der Waals surface area contributed by atoms with Gasteiger partial charge < -0.3 is 10.2 Å². The molecule has 0 bridgehead atoms. The van der Waals surface area contributed by atoms with Gasteiger partial charge in [-0.3, -0.25) is 0 Å². The molecule has 0 aliphatic carbocycles. The third kappa shape index (κ3) is 5.89. The maximum Gasteiger partial charge on any atom is 0.131 e. The molecule has 2 heteroatoms. The molecule has 0 aromatic heterocycles. The van der Waals surface area contributed by atoms with Crippen molar-refractivity contribution >= 4 is 0 Å². The number of phenolic OH excluding ortho intramolecular Hbond substituents is 2. The molecule has 0 amide bonds. The molecule has 0 spiro atoms. The monoisotopic (exact) mass is 588 g/mol. The zero-order chi connectivity index (χ0) is 31.2. The molecule has 2 nitrogen and oxygen atoms in total. The summed E-state index contributed by atoms with van der Waals surface area (Å²) in [7, 11) is 0. The summed E-state index contributed by atoms with van der Waals surface area (Å²) >= 11 is 0. The smallest absolute Gasteiger partial charge is 0.131 e. The van der Waals surface area contributed by atoms with Crippen LogP contribution in [0.1, 0.15) is 50.7 Å². The number of rotatable bonds is 10. The van der Waals surface area contributed by atoms with E-state index in [2.05, 4.69) is 86.6 Å². The molecule has 2 N–H and O–H groups in total. The topological polar surface area (TPSA) is 40.5 Å². The molecule has 224 valence electrons. The van der Waals surface area contributed by atoms with Crippen LogP contribution in [0.5, 0.6) is 11.5 Å². The Kier molecular flexibility index (Phi) is 8.84. The lowest BCUT2D eigenvalue weighted by Gasteiger charge is -2.37. The van der Waals surface area contributed by atoms with Gasteiger partial charge in [0.2, 0.25) is 0 Å². The van der Waals surface area contributed by atoms with E-state index >= 15 is 0 Å². The summed E-state index contributed by atoms with van der Waals surface area (Å²) in [6, 6.07) is 49.6. The lowest BCUT2D eigenvalue weighted by molar-refractivity contribution is 0.423. The third-order valence-corrected chi connectivity index (χ3v) is 9.02. The summed E-state index contributed by atoms with van der Waals surface area (Å²) < 4.78 is 0. The molecule has 6 rings (SSSR count). The molecular weight excluding hydrogens is 548 g/mol. The van der Waals surface area contributed by atoms with Gasteiger partial charge in [-0.2, -0.15) is 0 Å². The van der Waals surface area contributed by atoms with Gasteiger partial charge >= 0.3 is 0 Å². The van der Waals surface area contributed by atoms with Gasteiger partial charge in [0.05, 0.1) is 0 Å². The molecule has 0 radical (unpaired) electrons. The van der Waals surface area contributed by atoms with Gasteiger partial charge in [0.1, 0.15) is 11.5 Å². The first kappa shape index (κ1) is 30.0. The minimum absolute atomic E-state index is 0.290. The molecule has 0 atom stereocenters. The van der Waals surface area contributed by atoms with E-state index in [9.17, 15) is 10.2 Å². The Hall–Kier alpha value is -5.08.